The maximum atomic E-state index is 12.4. The minimum Gasteiger partial charge on any atom is -0.480 e. The van der Waals surface area contributed by atoms with E-state index in [1.165, 1.54) is 11.3 Å². The fourth-order valence-corrected chi connectivity index (χ4v) is 3.77. The molecule has 1 amide bonds. The number of carboxylic acids is 1. The van der Waals surface area contributed by atoms with Gasteiger partial charge in [-0.3, -0.25) is 4.79 Å². The molecule has 2 rings (SSSR count). The second kappa shape index (κ2) is 7.02. The van der Waals surface area contributed by atoms with E-state index in [1.807, 2.05) is 31.4 Å². The Morgan fingerprint density at radius 1 is 1.45 bits per heavy atom. The van der Waals surface area contributed by atoms with Crippen LogP contribution in [0.15, 0.2) is 17.5 Å². The first-order valence-corrected chi connectivity index (χ1v) is 8.68. The van der Waals surface area contributed by atoms with Crippen molar-refractivity contribution in [1.82, 2.24) is 10.3 Å². The zero-order chi connectivity index (χ0) is 16.3. The predicted octanol–water partition coefficient (Wildman–Crippen LogP) is 3.41. The fourth-order valence-electron chi connectivity index (χ4n) is 2.00. The summed E-state index contributed by atoms with van der Waals surface area (Å²) in [4.78, 5) is 29.6. The van der Waals surface area contributed by atoms with E-state index in [9.17, 15) is 14.7 Å². The van der Waals surface area contributed by atoms with Gasteiger partial charge in [0.05, 0.1) is 10.6 Å². The molecular formula is C15H18N2O3S2. The van der Waals surface area contributed by atoms with Gasteiger partial charge in [0.1, 0.15) is 15.9 Å². The van der Waals surface area contributed by atoms with Gasteiger partial charge in [0.15, 0.2) is 0 Å². The SMILES string of the molecule is CCC(C)C(NC(=O)c1sc(-c2cccs2)nc1C)C(=O)O. The van der Waals surface area contributed by atoms with Crippen LogP contribution in [0.25, 0.3) is 9.88 Å². The molecule has 22 heavy (non-hydrogen) atoms. The Morgan fingerprint density at radius 2 is 2.18 bits per heavy atom. The van der Waals surface area contributed by atoms with Gasteiger partial charge in [-0.1, -0.05) is 26.3 Å². The van der Waals surface area contributed by atoms with Crippen LogP contribution < -0.4 is 5.32 Å². The van der Waals surface area contributed by atoms with Crippen LogP contribution in [-0.2, 0) is 4.79 Å². The number of aliphatic carboxylic acids is 1. The minimum absolute atomic E-state index is 0.133. The normalized spacial score (nSPS) is 13.6. The fraction of sp³-hybridized carbons (Fsp3) is 0.400. The van der Waals surface area contributed by atoms with Gasteiger partial charge >= 0.3 is 5.97 Å². The van der Waals surface area contributed by atoms with Crippen molar-refractivity contribution >= 4 is 34.6 Å². The van der Waals surface area contributed by atoms with Gasteiger partial charge in [0.25, 0.3) is 5.91 Å². The maximum Gasteiger partial charge on any atom is 0.326 e. The molecule has 0 aliphatic carbocycles. The van der Waals surface area contributed by atoms with Gasteiger partial charge in [-0.25, -0.2) is 9.78 Å². The van der Waals surface area contributed by atoms with Crippen LogP contribution in [0.2, 0.25) is 0 Å². The molecule has 2 unspecified atom stereocenters. The Morgan fingerprint density at radius 3 is 2.73 bits per heavy atom. The third-order valence-corrected chi connectivity index (χ3v) is 5.70. The number of hydrogen-bond donors (Lipinski definition) is 2. The molecule has 0 bridgehead atoms. The number of thiophene rings is 1. The first-order valence-electron chi connectivity index (χ1n) is 6.99. The van der Waals surface area contributed by atoms with Crippen molar-refractivity contribution in [2.24, 2.45) is 5.92 Å². The van der Waals surface area contributed by atoms with E-state index in [0.29, 0.717) is 17.0 Å². The zero-order valence-corrected chi connectivity index (χ0v) is 14.3. The summed E-state index contributed by atoms with van der Waals surface area (Å²) in [5, 5.41) is 14.6. The van der Waals surface area contributed by atoms with Crippen molar-refractivity contribution in [3.05, 3.63) is 28.1 Å². The monoisotopic (exact) mass is 338 g/mol. The van der Waals surface area contributed by atoms with Crippen LogP contribution in [0.5, 0.6) is 0 Å². The van der Waals surface area contributed by atoms with E-state index >= 15 is 0 Å². The highest BCUT2D eigenvalue weighted by Gasteiger charge is 2.27. The second-order valence-electron chi connectivity index (χ2n) is 5.09. The van der Waals surface area contributed by atoms with Gasteiger partial charge in [-0.15, -0.1) is 22.7 Å². The lowest BCUT2D eigenvalue weighted by Gasteiger charge is -2.19. The summed E-state index contributed by atoms with van der Waals surface area (Å²) in [6.45, 7) is 5.48. The first kappa shape index (κ1) is 16.6. The van der Waals surface area contributed by atoms with Crippen LogP contribution in [0.3, 0.4) is 0 Å². The summed E-state index contributed by atoms with van der Waals surface area (Å²) in [6.07, 6.45) is 0.680. The molecule has 2 N–H and O–H groups in total. The quantitative estimate of drug-likeness (QED) is 0.846. The standard InChI is InChI=1S/C15H18N2O3S2/c1-4-8(2)11(15(19)20)17-13(18)12-9(3)16-14(22-12)10-6-5-7-21-10/h5-8,11H,4H2,1-3H3,(H,17,18)(H,19,20). The van der Waals surface area contributed by atoms with Crippen LogP contribution in [0.4, 0.5) is 0 Å². The number of aryl methyl sites for hydroxylation is 1. The highest BCUT2D eigenvalue weighted by molar-refractivity contribution is 7.22. The summed E-state index contributed by atoms with van der Waals surface area (Å²) in [5.41, 5.74) is 0.624. The summed E-state index contributed by atoms with van der Waals surface area (Å²) >= 11 is 2.85. The summed E-state index contributed by atoms with van der Waals surface area (Å²) in [6, 6.07) is 2.99. The van der Waals surface area contributed by atoms with E-state index in [-0.39, 0.29) is 11.8 Å². The molecule has 2 heterocycles. The summed E-state index contributed by atoms with van der Waals surface area (Å²) < 4.78 is 0. The number of rotatable bonds is 6. The van der Waals surface area contributed by atoms with E-state index < -0.39 is 12.0 Å². The number of carbonyl (C=O) groups is 2. The highest BCUT2D eigenvalue weighted by atomic mass is 32.1. The molecule has 0 aliphatic rings. The summed E-state index contributed by atoms with van der Waals surface area (Å²) in [5.74, 6) is -1.51. The minimum atomic E-state index is -1.01. The van der Waals surface area contributed by atoms with Crippen molar-refractivity contribution < 1.29 is 14.7 Å². The molecule has 0 saturated heterocycles. The average molecular weight is 338 g/mol. The van der Waals surface area contributed by atoms with Gasteiger partial charge in [0, 0.05) is 0 Å². The van der Waals surface area contributed by atoms with Crippen molar-refractivity contribution in [2.75, 3.05) is 0 Å². The van der Waals surface area contributed by atoms with Crippen LogP contribution in [0, 0.1) is 12.8 Å². The molecule has 0 saturated carbocycles. The van der Waals surface area contributed by atoms with E-state index in [4.69, 9.17) is 0 Å². The number of carboxylic acid groups (broad SMARTS) is 1. The molecule has 2 atom stereocenters. The molecule has 7 heteroatoms. The molecule has 5 nitrogen and oxygen atoms in total. The zero-order valence-electron chi connectivity index (χ0n) is 12.6. The largest absolute Gasteiger partial charge is 0.480 e. The predicted molar refractivity (Wildman–Crippen MR) is 88.5 cm³/mol. The number of carbonyl (C=O) groups excluding carboxylic acids is 1. The summed E-state index contributed by atoms with van der Waals surface area (Å²) in [7, 11) is 0. The van der Waals surface area contributed by atoms with Gasteiger partial charge < -0.3 is 10.4 Å². The Kier molecular flexibility index (Phi) is 5.31. The number of nitrogens with one attached hydrogen (secondary N) is 1. The van der Waals surface area contributed by atoms with Crippen molar-refractivity contribution in [1.29, 1.82) is 0 Å². The van der Waals surface area contributed by atoms with Gasteiger partial charge in [-0.2, -0.15) is 0 Å². The molecule has 0 radical (unpaired) electrons. The number of nitrogens with zero attached hydrogens (tertiary/aromatic N) is 1. The van der Waals surface area contributed by atoms with E-state index in [2.05, 4.69) is 10.3 Å². The lowest BCUT2D eigenvalue weighted by molar-refractivity contribution is -0.140. The highest BCUT2D eigenvalue weighted by Crippen LogP contribution is 2.31. The molecular weight excluding hydrogens is 320 g/mol. The topological polar surface area (TPSA) is 79.3 Å². The maximum absolute atomic E-state index is 12.4. The number of thiazole rings is 1. The van der Waals surface area contributed by atoms with E-state index in [0.717, 1.165) is 9.88 Å². The number of hydrogen-bond acceptors (Lipinski definition) is 5. The lowest BCUT2D eigenvalue weighted by atomic mass is 9.99. The molecule has 2 aromatic heterocycles. The van der Waals surface area contributed by atoms with Crippen LogP contribution >= 0.6 is 22.7 Å². The first-order chi connectivity index (χ1) is 10.4. The van der Waals surface area contributed by atoms with Crippen LogP contribution in [-0.4, -0.2) is 28.0 Å². The number of aromatic nitrogens is 1. The molecule has 2 aromatic rings. The second-order valence-corrected chi connectivity index (χ2v) is 7.03. The molecule has 0 fully saturated rings. The van der Waals surface area contributed by atoms with Gasteiger partial charge in [-0.05, 0) is 24.3 Å². The lowest BCUT2D eigenvalue weighted by Crippen LogP contribution is -2.44. The molecule has 0 aromatic carbocycles. The smallest absolute Gasteiger partial charge is 0.326 e. The molecule has 0 aliphatic heterocycles. The van der Waals surface area contributed by atoms with E-state index in [1.54, 1.807) is 18.3 Å². The van der Waals surface area contributed by atoms with Crippen molar-refractivity contribution in [2.45, 2.75) is 33.2 Å². The Hall–Kier alpha value is -1.73. The Balaban J connectivity index is 2.21. The van der Waals surface area contributed by atoms with Crippen molar-refractivity contribution in [3.8, 4) is 9.88 Å². The number of amides is 1. The average Bonchev–Trinajstić information content (AvgIpc) is 3.12. The Labute approximate surface area is 137 Å². The van der Waals surface area contributed by atoms with Crippen LogP contribution in [0.1, 0.15) is 35.6 Å². The third kappa shape index (κ3) is 3.53. The van der Waals surface area contributed by atoms with Gasteiger partial charge in [0.2, 0.25) is 0 Å². The third-order valence-electron chi connectivity index (χ3n) is 3.50. The molecule has 0 spiro atoms. The molecule has 118 valence electrons. The van der Waals surface area contributed by atoms with Crippen molar-refractivity contribution in [3.63, 3.8) is 0 Å². The Bertz CT molecular complexity index is 664.